The molecule has 0 bridgehead atoms. The van der Waals surface area contributed by atoms with Crippen molar-refractivity contribution in [3.8, 4) is 23.8 Å². The Labute approximate surface area is 105 Å². The zero-order valence-electron chi connectivity index (χ0n) is 9.28. The number of rotatable bonds is 2. The van der Waals surface area contributed by atoms with Crippen LogP contribution in [0.1, 0.15) is 24.5 Å². The second kappa shape index (κ2) is 5.31. The maximum absolute atomic E-state index is 9.82. The van der Waals surface area contributed by atoms with Crippen molar-refractivity contribution in [1.29, 1.82) is 0 Å². The Morgan fingerprint density at radius 1 is 1.41 bits per heavy atom. The van der Waals surface area contributed by atoms with E-state index in [1.165, 1.54) is 0 Å². The van der Waals surface area contributed by atoms with Gasteiger partial charge in [0.1, 0.15) is 0 Å². The van der Waals surface area contributed by atoms with Crippen molar-refractivity contribution < 1.29 is 14.6 Å². The highest BCUT2D eigenvalue weighted by atomic mass is 35.5. The Bertz CT molecular complexity index is 451. The lowest BCUT2D eigenvalue weighted by atomic mass is 10.1. The fraction of sp³-hybridized carbons (Fsp3) is 0.385. The van der Waals surface area contributed by atoms with Gasteiger partial charge < -0.3 is 14.6 Å². The molecule has 1 aliphatic rings. The van der Waals surface area contributed by atoms with E-state index in [1.807, 2.05) is 0 Å². The van der Waals surface area contributed by atoms with Crippen LogP contribution in [0.2, 0.25) is 5.02 Å². The van der Waals surface area contributed by atoms with Crippen LogP contribution in [0.4, 0.5) is 0 Å². The summed E-state index contributed by atoms with van der Waals surface area (Å²) in [4.78, 5) is 0. The summed E-state index contributed by atoms with van der Waals surface area (Å²) >= 11 is 6.10. The molecule has 0 spiro atoms. The summed E-state index contributed by atoms with van der Waals surface area (Å²) in [5.41, 5.74) is 0.650. The summed E-state index contributed by atoms with van der Waals surface area (Å²) in [6.45, 7) is 1.16. The lowest BCUT2D eigenvalue weighted by molar-refractivity contribution is 0.183. The van der Waals surface area contributed by atoms with E-state index in [0.29, 0.717) is 35.3 Å². The van der Waals surface area contributed by atoms with Crippen molar-refractivity contribution in [3.05, 3.63) is 22.7 Å². The highest BCUT2D eigenvalue weighted by Crippen LogP contribution is 2.39. The van der Waals surface area contributed by atoms with Crippen LogP contribution in [0.3, 0.4) is 0 Å². The fourth-order valence-electron chi connectivity index (χ4n) is 1.67. The van der Waals surface area contributed by atoms with E-state index in [-0.39, 0.29) is 6.42 Å². The van der Waals surface area contributed by atoms with Gasteiger partial charge in [-0.05, 0) is 17.7 Å². The summed E-state index contributed by atoms with van der Waals surface area (Å²) in [5.74, 6) is 3.53. The molecule has 3 nitrogen and oxygen atoms in total. The number of hydrogen-bond acceptors (Lipinski definition) is 3. The molecule has 1 aliphatic heterocycles. The molecule has 17 heavy (non-hydrogen) atoms. The third-order valence-corrected chi connectivity index (χ3v) is 2.80. The molecule has 0 saturated heterocycles. The van der Waals surface area contributed by atoms with Gasteiger partial charge in [-0.1, -0.05) is 11.6 Å². The molecule has 90 valence electrons. The number of benzene rings is 1. The van der Waals surface area contributed by atoms with E-state index in [4.69, 9.17) is 27.5 Å². The number of ether oxygens (including phenoxy) is 2. The predicted octanol–water partition coefficient (Wildman–Crippen LogP) is 2.56. The van der Waals surface area contributed by atoms with Crippen molar-refractivity contribution in [2.45, 2.75) is 18.9 Å². The van der Waals surface area contributed by atoms with Gasteiger partial charge >= 0.3 is 0 Å². The largest absolute Gasteiger partial charge is 0.489 e. The normalized spacial score (nSPS) is 15.8. The third kappa shape index (κ3) is 2.66. The fourth-order valence-corrected chi connectivity index (χ4v) is 1.95. The molecular weight excluding hydrogens is 240 g/mol. The molecule has 1 aromatic carbocycles. The van der Waals surface area contributed by atoms with Gasteiger partial charge in [-0.3, -0.25) is 0 Å². The summed E-state index contributed by atoms with van der Waals surface area (Å²) < 4.78 is 11.0. The molecule has 0 aliphatic carbocycles. The number of aliphatic hydroxyl groups is 1. The molecule has 4 heteroatoms. The van der Waals surface area contributed by atoms with Crippen LogP contribution in [0.5, 0.6) is 11.5 Å². The Morgan fingerprint density at radius 2 is 2.18 bits per heavy atom. The first-order chi connectivity index (χ1) is 8.22. The zero-order valence-corrected chi connectivity index (χ0v) is 10.0. The minimum atomic E-state index is -0.727. The highest BCUT2D eigenvalue weighted by Gasteiger charge is 2.18. The summed E-state index contributed by atoms with van der Waals surface area (Å²) in [7, 11) is 0. The highest BCUT2D eigenvalue weighted by molar-refractivity contribution is 6.32. The van der Waals surface area contributed by atoms with E-state index >= 15 is 0 Å². The van der Waals surface area contributed by atoms with E-state index in [0.717, 1.165) is 6.42 Å². The Balaban J connectivity index is 2.35. The predicted molar refractivity (Wildman–Crippen MR) is 65.5 cm³/mol. The smallest absolute Gasteiger partial charge is 0.179 e. The molecule has 0 fully saturated rings. The van der Waals surface area contributed by atoms with Crippen LogP contribution in [-0.4, -0.2) is 18.3 Å². The quantitative estimate of drug-likeness (QED) is 0.823. The molecule has 2 rings (SSSR count). The van der Waals surface area contributed by atoms with Crippen LogP contribution in [0.25, 0.3) is 0 Å². The summed E-state index contributed by atoms with van der Waals surface area (Å²) in [6, 6.07) is 3.39. The first-order valence-corrected chi connectivity index (χ1v) is 5.80. The average molecular weight is 253 g/mol. The maximum atomic E-state index is 9.82. The van der Waals surface area contributed by atoms with Crippen LogP contribution < -0.4 is 9.47 Å². The van der Waals surface area contributed by atoms with Gasteiger partial charge in [0, 0.05) is 12.8 Å². The van der Waals surface area contributed by atoms with Gasteiger partial charge in [-0.25, -0.2) is 0 Å². The zero-order chi connectivity index (χ0) is 12.3. The molecular formula is C13H13ClO3. The molecule has 0 amide bonds. The van der Waals surface area contributed by atoms with Gasteiger partial charge in [0.05, 0.1) is 24.3 Å². The number of hydrogen-bond donors (Lipinski definition) is 1. The van der Waals surface area contributed by atoms with Crippen molar-refractivity contribution in [3.63, 3.8) is 0 Å². The first kappa shape index (κ1) is 12.1. The third-order valence-electron chi connectivity index (χ3n) is 2.52. The Morgan fingerprint density at radius 3 is 2.94 bits per heavy atom. The molecule has 0 radical (unpaired) electrons. The lowest BCUT2D eigenvalue weighted by Crippen LogP contribution is -1.99. The standard InChI is InChI=1S/C13H13ClO3/c1-2-4-11(15)9-7-10(14)13-12(8-9)16-5-3-6-17-13/h1,7-8,11,15H,3-6H2. The minimum Gasteiger partial charge on any atom is -0.489 e. The van der Waals surface area contributed by atoms with E-state index in [1.54, 1.807) is 12.1 Å². The van der Waals surface area contributed by atoms with Crippen molar-refractivity contribution >= 4 is 11.6 Å². The van der Waals surface area contributed by atoms with Crippen molar-refractivity contribution in [2.75, 3.05) is 13.2 Å². The monoisotopic (exact) mass is 252 g/mol. The van der Waals surface area contributed by atoms with Crippen LogP contribution in [-0.2, 0) is 0 Å². The van der Waals surface area contributed by atoms with Gasteiger partial charge in [0.2, 0.25) is 0 Å². The maximum Gasteiger partial charge on any atom is 0.179 e. The number of halogens is 1. The molecule has 1 unspecified atom stereocenters. The number of aliphatic hydroxyl groups excluding tert-OH is 1. The summed E-state index contributed by atoms with van der Waals surface area (Å²) in [6.07, 6.45) is 5.50. The molecule has 1 atom stereocenters. The average Bonchev–Trinajstić information content (AvgIpc) is 2.54. The first-order valence-electron chi connectivity index (χ1n) is 5.43. The van der Waals surface area contributed by atoms with Gasteiger partial charge in [0.25, 0.3) is 0 Å². The second-order valence-corrected chi connectivity index (χ2v) is 4.21. The van der Waals surface area contributed by atoms with Gasteiger partial charge in [-0.15, -0.1) is 12.3 Å². The van der Waals surface area contributed by atoms with Crippen LogP contribution in [0.15, 0.2) is 12.1 Å². The topological polar surface area (TPSA) is 38.7 Å². The van der Waals surface area contributed by atoms with E-state index in [9.17, 15) is 5.11 Å². The summed E-state index contributed by atoms with van der Waals surface area (Å²) in [5, 5.41) is 10.3. The van der Waals surface area contributed by atoms with Gasteiger partial charge in [-0.2, -0.15) is 0 Å². The van der Waals surface area contributed by atoms with Crippen molar-refractivity contribution in [1.82, 2.24) is 0 Å². The minimum absolute atomic E-state index is 0.246. The van der Waals surface area contributed by atoms with E-state index < -0.39 is 6.10 Å². The van der Waals surface area contributed by atoms with E-state index in [2.05, 4.69) is 5.92 Å². The van der Waals surface area contributed by atoms with Crippen molar-refractivity contribution in [2.24, 2.45) is 0 Å². The van der Waals surface area contributed by atoms with Crippen LogP contribution in [0, 0.1) is 12.3 Å². The molecule has 1 N–H and O–H groups in total. The molecule has 1 heterocycles. The SMILES string of the molecule is C#CCC(O)c1cc(Cl)c2c(c1)OCCCO2. The second-order valence-electron chi connectivity index (χ2n) is 3.80. The molecule has 0 aromatic heterocycles. The lowest BCUT2D eigenvalue weighted by Gasteiger charge is -2.13. The Kier molecular flexibility index (Phi) is 3.78. The number of terminal acetylenes is 1. The molecule has 1 aromatic rings. The molecule has 0 saturated carbocycles. The number of fused-ring (bicyclic) bond motifs is 1. The van der Waals surface area contributed by atoms with Gasteiger partial charge in [0.15, 0.2) is 11.5 Å². The Hall–Kier alpha value is -1.37. The van der Waals surface area contributed by atoms with Crippen LogP contribution >= 0.6 is 11.6 Å².